The summed E-state index contributed by atoms with van der Waals surface area (Å²) in [6.07, 6.45) is 4.10. The first-order valence-electron chi connectivity index (χ1n) is 6.77. The second-order valence-electron chi connectivity index (χ2n) is 5.08. The largest absolute Gasteiger partial charge is 0.261 e. The van der Waals surface area contributed by atoms with E-state index in [0.29, 0.717) is 10.7 Å². The molecule has 0 saturated heterocycles. The maximum atomic E-state index is 4.44. The minimum atomic E-state index is 0.437. The van der Waals surface area contributed by atoms with Crippen molar-refractivity contribution in [1.29, 1.82) is 0 Å². The molecule has 2 unspecified atom stereocenters. The predicted octanol–water partition coefficient (Wildman–Crippen LogP) is 4.89. The molecular weight excluding hydrogens is 298 g/mol. The van der Waals surface area contributed by atoms with Gasteiger partial charge in [0.05, 0.1) is 0 Å². The van der Waals surface area contributed by atoms with Gasteiger partial charge in [-0.3, -0.25) is 4.98 Å². The van der Waals surface area contributed by atoms with E-state index in [2.05, 4.69) is 71.2 Å². The fraction of sp³-hybridized carbons (Fsp3) is 0.353. The van der Waals surface area contributed by atoms with Crippen LogP contribution in [0.1, 0.15) is 36.1 Å². The Labute approximate surface area is 124 Å². The van der Waals surface area contributed by atoms with Crippen molar-refractivity contribution < 1.29 is 0 Å². The van der Waals surface area contributed by atoms with Crippen LogP contribution < -0.4 is 0 Å². The minimum Gasteiger partial charge on any atom is -0.261 e. The summed E-state index contributed by atoms with van der Waals surface area (Å²) < 4.78 is 0. The van der Waals surface area contributed by atoms with Gasteiger partial charge in [0.15, 0.2) is 0 Å². The molecule has 1 aromatic heterocycles. The highest BCUT2D eigenvalue weighted by molar-refractivity contribution is 9.09. The van der Waals surface area contributed by atoms with Crippen LogP contribution in [0.15, 0.2) is 48.7 Å². The van der Waals surface area contributed by atoms with Crippen LogP contribution in [0.25, 0.3) is 0 Å². The van der Waals surface area contributed by atoms with Crippen molar-refractivity contribution in [3.8, 4) is 0 Å². The van der Waals surface area contributed by atoms with E-state index in [1.807, 2.05) is 12.3 Å². The van der Waals surface area contributed by atoms with Crippen molar-refractivity contribution in [2.45, 2.75) is 37.4 Å². The second-order valence-corrected chi connectivity index (χ2v) is 6.26. The van der Waals surface area contributed by atoms with Crippen LogP contribution in [0, 0.1) is 6.92 Å². The Morgan fingerprint density at radius 2 is 1.84 bits per heavy atom. The number of hydrogen-bond donors (Lipinski definition) is 0. The topological polar surface area (TPSA) is 12.9 Å². The smallest absolute Gasteiger partial charge is 0.0442 e. The van der Waals surface area contributed by atoms with Crippen LogP contribution in [-0.4, -0.2) is 9.81 Å². The number of rotatable bonds is 5. The highest BCUT2D eigenvalue weighted by Gasteiger charge is 2.16. The molecule has 0 fully saturated rings. The van der Waals surface area contributed by atoms with E-state index in [9.17, 15) is 0 Å². The van der Waals surface area contributed by atoms with E-state index >= 15 is 0 Å². The van der Waals surface area contributed by atoms with E-state index < -0.39 is 0 Å². The maximum absolute atomic E-state index is 4.44. The average molecular weight is 318 g/mol. The van der Waals surface area contributed by atoms with Crippen molar-refractivity contribution in [3.63, 3.8) is 0 Å². The molecule has 1 heterocycles. The summed E-state index contributed by atoms with van der Waals surface area (Å²) in [6, 6.07) is 14.9. The number of alkyl halides is 1. The van der Waals surface area contributed by atoms with E-state index in [-0.39, 0.29) is 0 Å². The Kier molecular flexibility index (Phi) is 5.15. The third-order valence-electron chi connectivity index (χ3n) is 3.53. The second kappa shape index (κ2) is 6.85. The molecule has 0 bridgehead atoms. The molecule has 0 aliphatic heterocycles. The van der Waals surface area contributed by atoms with Gasteiger partial charge in [-0.2, -0.15) is 0 Å². The Bertz CT molecular complexity index is 492. The van der Waals surface area contributed by atoms with Gasteiger partial charge in [-0.05, 0) is 37.5 Å². The summed E-state index contributed by atoms with van der Waals surface area (Å²) >= 11 is 3.81. The van der Waals surface area contributed by atoms with Crippen molar-refractivity contribution in [3.05, 3.63) is 65.5 Å². The summed E-state index contributed by atoms with van der Waals surface area (Å²) in [6.45, 7) is 4.36. The molecule has 0 amide bonds. The van der Waals surface area contributed by atoms with E-state index in [1.54, 1.807) is 0 Å². The summed E-state index contributed by atoms with van der Waals surface area (Å²) in [5.41, 5.74) is 3.89. The summed E-state index contributed by atoms with van der Waals surface area (Å²) in [4.78, 5) is 4.90. The lowest BCUT2D eigenvalue weighted by molar-refractivity contribution is 0.646. The van der Waals surface area contributed by atoms with Crippen molar-refractivity contribution >= 4 is 15.9 Å². The lowest BCUT2D eigenvalue weighted by atomic mass is 9.97. The molecular formula is C17H20BrN. The number of aryl methyl sites for hydroxylation is 2. The number of aromatic nitrogens is 1. The summed E-state index contributed by atoms with van der Waals surface area (Å²) in [7, 11) is 0. The average Bonchev–Trinajstić information content (AvgIpc) is 2.46. The van der Waals surface area contributed by atoms with Gasteiger partial charge in [-0.1, -0.05) is 58.7 Å². The molecule has 0 spiro atoms. The Morgan fingerprint density at radius 3 is 2.47 bits per heavy atom. The molecule has 0 saturated carbocycles. The molecule has 2 rings (SSSR count). The van der Waals surface area contributed by atoms with Gasteiger partial charge < -0.3 is 0 Å². The molecule has 100 valence electrons. The lowest BCUT2D eigenvalue weighted by Gasteiger charge is -2.17. The maximum Gasteiger partial charge on any atom is 0.0442 e. The van der Waals surface area contributed by atoms with Gasteiger partial charge in [0, 0.05) is 22.6 Å². The van der Waals surface area contributed by atoms with Crippen molar-refractivity contribution in [2.24, 2.45) is 0 Å². The highest BCUT2D eigenvalue weighted by Crippen LogP contribution is 2.26. The van der Waals surface area contributed by atoms with Crippen LogP contribution in [0.4, 0.5) is 0 Å². The SMILES string of the molecule is Cc1ccc(CCC(Br)C(C)c2ccccn2)cc1. The highest BCUT2D eigenvalue weighted by atomic mass is 79.9. The van der Waals surface area contributed by atoms with E-state index in [0.717, 1.165) is 18.5 Å². The molecule has 2 aromatic rings. The zero-order valence-corrected chi connectivity index (χ0v) is 13.1. The number of halogens is 1. The molecule has 0 aliphatic carbocycles. The molecule has 1 nitrogen and oxygen atoms in total. The molecule has 19 heavy (non-hydrogen) atoms. The van der Waals surface area contributed by atoms with Crippen LogP contribution in [0.2, 0.25) is 0 Å². The minimum absolute atomic E-state index is 0.437. The Morgan fingerprint density at radius 1 is 1.11 bits per heavy atom. The van der Waals surface area contributed by atoms with Crippen LogP contribution in [0.3, 0.4) is 0 Å². The quantitative estimate of drug-likeness (QED) is 0.715. The zero-order valence-electron chi connectivity index (χ0n) is 11.5. The van der Waals surface area contributed by atoms with Gasteiger partial charge in [0.1, 0.15) is 0 Å². The molecule has 0 N–H and O–H groups in total. The first kappa shape index (κ1) is 14.3. The van der Waals surface area contributed by atoms with Crippen LogP contribution >= 0.6 is 15.9 Å². The lowest BCUT2D eigenvalue weighted by Crippen LogP contribution is -2.11. The fourth-order valence-corrected chi connectivity index (χ4v) is 2.64. The van der Waals surface area contributed by atoms with Gasteiger partial charge in [0.2, 0.25) is 0 Å². The van der Waals surface area contributed by atoms with Gasteiger partial charge in [-0.25, -0.2) is 0 Å². The number of benzene rings is 1. The van der Waals surface area contributed by atoms with Crippen molar-refractivity contribution in [1.82, 2.24) is 4.98 Å². The Hall–Kier alpha value is -1.15. The third-order valence-corrected chi connectivity index (χ3v) is 4.78. The van der Waals surface area contributed by atoms with Crippen LogP contribution in [0.5, 0.6) is 0 Å². The monoisotopic (exact) mass is 317 g/mol. The first-order valence-corrected chi connectivity index (χ1v) is 7.69. The van der Waals surface area contributed by atoms with Crippen LogP contribution in [-0.2, 0) is 6.42 Å². The molecule has 2 atom stereocenters. The number of hydrogen-bond acceptors (Lipinski definition) is 1. The normalized spacial score (nSPS) is 14.1. The van der Waals surface area contributed by atoms with Gasteiger partial charge >= 0.3 is 0 Å². The zero-order chi connectivity index (χ0) is 13.7. The van der Waals surface area contributed by atoms with Crippen molar-refractivity contribution in [2.75, 3.05) is 0 Å². The molecule has 0 aliphatic rings. The summed E-state index contributed by atoms with van der Waals surface area (Å²) in [5, 5.41) is 0. The van der Waals surface area contributed by atoms with E-state index in [1.165, 1.54) is 11.1 Å². The molecule has 0 radical (unpaired) electrons. The van der Waals surface area contributed by atoms with Gasteiger partial charge in [-0.15, -0.1) is 0 Å². The standard InChI is InChI=1S/C17H20BrN/c1-13-6-8-15(9-7-13)10-11-16(18)14(2)17-5-3-4-12-19-17/h3-9,12,14,16H,10-11H2,1-2H3. The number of pyridine rings is 1. The first-order chi connectivity index (χ1) is 9.16. The molecule has 2 heteroatoms. The Balaban J connectivity index is 1.90. The molecule has 1 aromatic carbocycles. The summed E-state index contributed by atoms with van der Waals surface area (Å²) in [5.74, 6) is 0.437. The third kappa shape index (κ3) is 4.17. The predicted molar refractivity (Wildman–Crippen MR) is 84.9 cm³/mol. The fourth-order valence-electron chi connectivity index (χ4n) is 2.14. The number of nitrogens with zero attached hydrogens (tertiary/aromatic N) is 1. The van der Waals surface area contributed by atoms with E-state index in [4.69, 9.17) is 0 Å². The van der Waals surface area contributed by atoms with Gasteiger partial charge in [0.25, 0.3) is 0 Å².